The Hall–Kier alpha value is -3.99. The van der Waals surface area contributed by atoms with E-state index in [1.54, 1.807) is 13.0 Å². The first-order valence-electron chi connectivity index (χ1n) is 11.7. The summed E-state index contributed by atoms with van der Waals surface area (Å²) < 4.78 is 4.75. The van der Waals surface area contributed by atoms with Crippen LogP contribution >= 0.6 is 0 Å². The van der Waals surface area contributed by atoms with E-state index in [2.05, 4.69) is 10.3 Å². The molecular formula is C25H30N4O7. The van der Waals surface area contributed by atoms with Gasteiger partial charge in [-0.1, -0.05) is 30.3 Å². The molecule has 0 unspecified atom stereocenters. The molecule has 2 heterocycles. The molecule has 192 valence electrons. The van der Waals surface area contributed by atoms with E-state index < -0.39 is 30.0 Å². The molecule has 0 spiro atoms. The number of aliphatic carboxylic acids is 1. The van der Waals surface area contributed by atoms with E-state index in [0.29, 0.717) is 5.69 Å². The van der Waals surface area contributed by atoms with Crippen molar-refractivity contribution in [3.8, 4) is 11.3 Å². The Balaban J connectivity index is 1.69. The van der Waals surface area contributed by atoms with Crippen LogP contribution in [0.25, 0.3) is 11.3 Å². The summed E-state index contributed by atoms with van der Waals surface area (Å²) in [6.45, 7) is 4.67. The number of hydrogen-bond donors (Lipinski definition) is 2. The average Bonchev–Trinajstić information content (AvgIpc) is 2.86. The molecule has 1 atom stereocenters. The number of carboxylic acid groups (broad SMARTS) is 1. The Labute approximate surface area is 209 Å². The molecule has 2 N–H and O–H groups in total. The van der Waals surface area contributed by atoms with Crippen LogP contribution in [0.2, 0.25) is 0 Å². The van der Waals surface area contributed by atoms with Gasteiger partial charge in [0.05, 0.1) is 25.4 Å². The molecule has 11 nitrogen and oxygen atoms in total. The molecule has 1 fully saturated rings. The van der Waals surface area contributed by atoms with Crippen molar-refractivity contribution in [2.75, 3.05) is 32.8 Å². The van der Waals surface area contributed by atoms with Crippen LogP contribution in [0, 0.1) is 6.92 Å². The predicted molar refractivity (Wildman–Crippen MR) is 129 cm³/mol. The van der Waals surface area contributed by atoms with Gasteiger partial charge in [-0.15, -0.1) is 5.06 Å². The number of hydroxylamine groups is 2. The lowest BCUT2D eigenvalue weighted by Gasteiger charge is -2.35. The standard InChI is InChI=1S/C25H30N4O7/c1-3-35-25(34)36-29-13-11-28(12-14-29)24(33)19(9-10-22(30)31)27-23(32)21-16-17(2)15-20(26-21)18-7-5-4-6-8-18/h4-8,15-16,19H,3,9-14H2,1-2H3,(H,27,32)(H,30,31)/t19-/m0/s1. The second kappa shape index (κ2) is 12.6. The number of pyridine rings is 1. The number of nitrogens with zero attached hydrogens (tertiary/aromatic N) is 3. The molecule has 0 radical (unpaired) electrons. The normalized spacial score (nSPS) is 14.6. The number of rotatable bonds is 9. The molecule has 1 aromatic carbocycles. The van der Waals surface area contributed by atoms with E-state index in [1.807, 2.05) is 43.3 Å². The summed E-state index contributed by atoms with van der Waals surface area (Å²) in [5, 5.41) is 13.2. The second-order valence-electron chi connectivity index (χ2n) is 8.27. The van der Waals surface area contributed by atoms with Gasteiger partial charge in [0.2, 0.25) is 5.91 Å². The summed E-state index contributed by atoms with van der Waals surface area (Å²) in [6, 6.07) is 11.8. The monoisotopic (exact) mass is 498 g/mol. The van der Waals surface area contributed by atoms with Gasteiger partial charge in [-0.2, -0.15) is 0 Å². The first kappa shape index (κ1) is 26.6. The van der Waals surface area contributed by atoms with E-state index in [4.69, 9.17) is 14.7 Å². The molecule has 2 amide bonds. The highest BCUT2D eigenvalue weighted by atomic mass is 16.8. The molecule has 0 saturated carbocycles. The zero-order valence-electron chi connectivity index (χ0n) is 20.3. The highest BCUT2D eigenvalue weighted by Gasteiger charge is 2.31. The number of hydrogen-bond acceptors (Lipinski definition) is 8. The zero-order valence-corrected chi connectivity index (χ0v) is 20.3. The van der Waals surface area contributed by atoms with Crippen molar-refractivity contribution >= 4 is 23.9 Å². The Morgan fingerprint density at radius 1 is 1.08 bits per heavy atom. The average molecular weight is 499 g/mol. The van der Waals surface area contributed by atoms with Crippen LogP contribution in [0.3, 0.4) is 0 Å². The van der Waals surface area contributed by atoms with Gasteiger partial charge in [0.25, 0.3) is 5.91 Å². The van der Waals surface area contributed by atoms with E-state index in [1.165, 1.54) is 9.96 Å². The number of aromatic nitrogens is 1. The molecule has 1 aromatic heterocycles. The molecule has 0 bridgehead atoms. The molecule has 1 saturated heterocycles. The van der Waals surface area contributed by atoms with Crippen molar-refractivity contribution < 1.29 is 33.9 Å². The smallest absolute Gasteiger partial charge is 0.481 e. The lowest BCUT2D eigenvalue weighted by molar-refractivity contribution is -0.157. The first-order valence-corrected chi connectivity index (χ1v) is 11.7. The van der Waals surface area contributed by atoms with Crippen LogP contribution in [0.1, 0.15) is 35.8 Å². The summed E-state index contributed by atoms with van der Waals surface area (Å²) in [5.74, 6) is -2.05. The van der Waals surface area contributed by atoms with Crippen LogP contribution in [-0.2, 0) is 19.2 Å². The Morgan fingerprint density at radius 2 is 1.78 bits per heavy atom. The van der Waals surface area contributed by atoms with E-state index in [0.717, 1.165) is 11.1 Å². The Morgan fingerprint density at radius 3 is 2.42 bits per heavy atom. The Bertz CT molecular complexity index is 1090. The van der Waals surface area contributed by atoms with Crippen molar-refractivity contribution in [1.82, 2.24) is 20.3 Å². The Kier molecular flexibility index (Phi) is 9.34. The summed E-state index contributed by atoms with van der Waals surface area (Å²) in [4.78, 5) is 60.0. The van der Waals surface area contributed by atoms with Gasteiger partial charge in [-0.25, -0.2) is 9.78 Å². The number of carboxylic acids is 1. The minimum Gasteiger partial charge on any atom is -0.481 e. The second-order valence-corrected chi connectivity index (χ2v) is 8.27. The number of carbonyl (C=O) groups is 4. The van der Waals surface area contributed by atoms with Gasteiger partial charge in [0, 0.05) is 25.1 Å². The van der Waals surface area contributed by atoms with Crippen LogP contribution in [0.4, 0.5) is 4.79 Å². The van der Waals surface area contributed by atoms with Crippen molar-refractivity contribution in [2.24, 2.45) is 0 Å². The summed E-state index contributed by atoms with van der Waals surface area (Å²) in [6.07, 6.45) is -1.18. The minimum atomic E-state index is -1.07. The van der Waals surface area contributed by atoms with Crippen molar-refractivity contribution in [3.05, 3.63) is 53.7 Å². The molecule has 2 aromatic rings. The van der Waals surface area contributed by atoms with Gasteiger partial charge in [-0.05, 0) is 38.0 Å². The lowest BCUT2D eigenvalue weighted by atomic mass is 10.1. The highest BCUT2D eigenvalue weighted by molar-refractivity contribution is 5.96. The van der Waals surface area contributed by atoms with Crippen LogP contribution in [0.5, 0.6) is 0 Å². The quantitative estimate of drug-likeness (QED) is 0.499. The third-order valence-electron chi connectivity index (χ3n) is 5.54. The maximum Gasteiger partial charge on any atom is 0.527 e. The first-order chi connectivity index (χ1) is 17.3. The maximum atomic E-state index is 13.2. The fraction of sp³-hybridized carbons (Fsp3) is 0.400. The maximum absolute atomic E-state index is 13.2. The molecule has 1 aliphatic heterocycles. The van der Waals surface area contributed by atoms with Crippen LogP contribution in [-0.4, -0.2) is 82.8 Å². The topological polar surface area (TPSA) is 138 Å². The minimum absolute atomic E-state index is 0.0726. The number of carbonyl (C=O) groups excluding carboxylic acids is 3. The molecule has 0 aliphatic carbocycles. The van der Waals surface area contributed by atoms with E-state index >= 15 is 0 Å². The fourth-order valence-electron chi connectivity index (χ4n) is 3.77. The van der Waals surface area contributed by atoms with Crippen molar-refractivity contribution in [2.45, 2.75) is 32.7 Å². The number of ether oxygens (including phenoxy) is 1. The lowest BCUT2D eigenvalue weighted by Crippen LogP contribution is -2.55. The van der Waals surface area contributed by atoms with Crippen LogP contribution in [0.15, 0.2) is 42.5 Å². The summed E-state index contributed by atoms with van der Waals surface area (Å²) in [5.41, 5.74) is 2.42. The number of benzene rings is 1. The number of amides is 2. The summed E-state index contributed by atoms with van der Waals surface area (Å²) in [7, 11) is 0. The fourth-order valence-corrected chi connectivity index (χ4v) is 3.77. The van der Waals surface area contributed by atoms with E-state index in [-0.39, 0.29) is 51.3 Å². The molecule has 1 aliphatic rings. The van der Waals surface area contributed by atoms with Gasteiger partial charge in [0.1, 0.15) is 11.7 Å². The summed E-state index contributed by atoms with van der Waals surface area (Å²) >= 11 is 0. The van der Waals surface area contributed by atoms with Crippen LogP contribution < -0.4 is 5.32 Å². The molecule has 36 heavy (non-hydrogen) atoms. The van der Waals surface area contributed by atoms with Gasteiger partial charge < -0.3 is 24.9 Å². The van der Waals surface area contributed by atoms with E-state index in [9.17, 15) is 19.2 Å². The third kappa shape index (κ3) is 7.51. The molecule has 3 rings (SSSR count). The molecule has 11 heteroatoms. The van der Waals surface area contributed by atoms with Gasteiger partial charge in [-0.3, -0.25) is 14.4 Å². The van der Waals surface area contributed by atoms with Gasteiger partial charge >= 0.3 is 12.1 Å². The zero-order chi connectivity index (χ0) is 26.1. The third-order valence-corrected chi connectivity index (χ3v) is 5.54. The molecular weight excluding hydrogens is 468 g/mol. The number of nitrogens with one attached hydrogen (secondary N) is 1. The highest BCUT2D eigenvalue weighted by Crippen LogP contribution is 2.19. The van der Waals surface area contributed by atoms with Crippen molar-refractivity contribution in [1.29, 1.82) is 0 Å². The largest absolute Gasteiger partial charge is 0.527 e. The predicted octanol–water partition coefficient (Wildman–Crippen LogP) is 2.25. The SMILES string of the molecule is CCOC(=O)ON1CCN(C(=O)[C@H](CCC(=O)O)NC(=O)c2cc(C)cc(-c3ccccc3)n2)CC1. The number of piperazine rings is 1. The van der Waals surface area contributed by atoms with Crippen molar-refractivity contribution in [3.63, 3.8) is 0 Å². The van der Waals surface area contributed by atoms with Gasteiger partial charge in [0.15, 0.2) is 0 Å². The number of aryl methyl sites for hydroxylation is 1.